The minimum absolute atomic E-state index is 0.0610. The molecule has 1 heterocycles. The Kier molecular flexibility index (Phi) is 3.97. The van der Waals surface area contributed by atoms with E-state index < -0.39 is 5.79 Å². The first-order chi connectivity index (χ1) is 7.02. The summed E-state index contributed by atoms with van der Waals surface area (Å²) in [6.45, 7) is 8.08. The molecular formula is C10H19N3O2. The molecule has 1 rings (SSSR count). The molecular weight excluding hydrogens is 194 g/mol. The second kappa shape index (κ2) is 4.84. The lowest BCUT2D eigenvalue weighted by atomic mass is 9.80. The maximum Gasteiger partial charge on any atom is 0.170 e. The third kappa shape index (κ3) is 2.84. The van der Waals surface area contributed by atoms with E-state index in [1.807, 2.05) is 6.92 Å². The fourth-order valence-electron chi connectivity index (χ4n) is 1.77. The van der Waals surface area contributed by atoms with Gasteiger partial charge in [-0.15, -0.1) is 0 Å². The number of rotatable bonds is 5. The highest BCUT2D eigenvalue weighted by atomic mass is 16.7. The van der Waals surface area contributed by atoms with Crippen LogP contribution in [0.25, 0.3) is 10.4 Å². The summed E-state index contributed by atoms with van der Waals surface area (Å²) in [5.74, 6) is -0.497. The van der Waals surface area contributed by atoms with E-state index in [0.29, 0.717) is 19.8 Å². The maximum absolute atomic E-state index is 8.17. The molecule has 0 N–H and O–H groups in total. The predicted molar refractivity (Wildman–Crippen MR) is 57.3 cm³/mol. The van der Waals surface area contributed by atoms with Crippen LogP contribution in [0.15, 0.2) is 5.11 Å². The van der Waals surface area contributed by atoms with Crippen molar-refractivity contribution in [2.45, 2.75) is 39.4 Å². The lowest BCUT2D eigenvalue weighted by Gasteiger charge is -2.39. The van der Waals surface area contributed by atoms with E-state index in [9.17, 15) is 0 Å². The van der Waals surface area contributed by atoms with Crippen molar-refractivity contribution in [2.24, 2.45) is 10.5 Å². The lowest BCUT2D eigenvalue weighted by molar-refractivity contribution is -0.216. The first-order valence-electron chi connectivity index (χ1n) is 5.31. The van der Waals surface area contributed by atoms with Crippen LogP contribution in [0.1, 0.15) is 33.6 Å². The molecule has 0 saturated carbocycles. The monoisotopic (exact) mass is 213 g/mol. The van der Waals surface area contributed by atoms with Crippen molar-refractivity contribution in [1.82, 2.24) is 0 Å². The summed E-state index contributed by atoms with van der Waals surface area (Å²) in [6, 6.07) is 0. The molecule has 1 fully saturated rings. The Hall–Kier alpha value is -0.770. The van der Waals surface area contributed by atoms with Crippen molar-refractivity contribution >= 4 is 0 Å². The van der Waals surface area contributed by atoms with Crippen LogP contribution in [0.5, 0.6) is 0 Å². The fraction of sp³-hybridized carbons (Fsp3) is 1.00. The molecule has 1 aliphatic rings. The molecule has 0 aromatic carbocycles. The van der Waals surface area contributed by atoms with Gasteiger partial charge in [0.2, 0.25) is 0 Å². The molecule has 5 heteroatoms. The Labute approximate surface area is 90.4 Å². The van der Waals surface area contributed by atoms with Crippen LogP contribution < -0.4 is 0 Å². The quantitative estimate of drug-likeness (QED) is 0.305. The van der Waals surface area contributed by atoms with Crippen LogP contribution in [0, 0.1) is 5.41 Å². The van der Waals surface area contributed by atoms with Crippen molar-refractivity contribution in [2.75, 3.05) is 19.8 Å². The van der Waals surface area contributed by atoms with E-state index >= 15 is 0 Å². The van der Waals surface area contributed by atoms with E-state index in [-0.39, 0.29) is 5.41 Å². The predicted octanol–water partition coefficient (Wildman–Crippen LogP) is 2.87. The van der Waals surface area contributed by atoms with E-state index in [2.05, 4.69) is 23.9 Å². The maximum atomic E-state index is 8.17. The Morgan fingerprint density at radius 2 is 2.00 bits per heavy atom. The van der Waals surface area contributed by atoms with Crippen molar-refractivity contribution in [3.8, 4) is 0 Å². The molecule has 0 aromatic heterocycles. The van der Waals surface area contributed by atoms with Gasteiger partial charge in [-0.05, 0) is 25.3 Å². The highest BCUT2D eigenvalue weighted by Gasteiger charge is 2.45. The zero-order chi connectivity index (χ0) is 11.4. The molecule has 0 aromatic rings. The second-order valence-electron chi connectivity index (χ2n) is 4.58. The molecule has 86 valence electrons. The van der Waals surface area contributed by atoms with E-state index in [1.54, 1.807) is 0 Å². The molecule has 0 aliphatic carbocycles. The Bertz CT molecular complexity index is 253. The highest BCUT2D eigenvalue weighted by molar-refractivity contribution is 4.86. The molecule has 0 atom stereocenters. The van der Waals surface area contributed by atoms with Crippen molar-refractivity contribution in [3.05, 3.63) is 10.4 Å². The van der Waals surface area contributed by atoms with E-state index in [4.69, 9.17) is 15.0 Å². The van der Waals surface area contributed by atoms with Gasteiger partial charge in [0.15, 0.2) is 5.79 Å². The van der Waals surface area contributed by atoms with Crippen LogP contribution in [0.3, 0.4) is 0 Å². The summed E-state index contributed by atoms with van der Waals surface area (Å²) in [4.78, 5) is 2.73. The van der Waals surface area contributed by atoms with Crippen LogP contribution in [-0.2, 0) is 9.47 Å². The van der Waals surface area contributed by atoms with Gasteiger partial charge in [-0.2, -0.15) is 0 Å². The Morgan fingerprint density at radius 3 is 2.53 bits per heavy atom. The molecule has 0 unspecified atom stereocenters. The minimum atomic E-state index is -0.497. The minimum Gasteiger partial charge on any atom is -0.347 e. The number of hydrogen-bond donors (Lipinski definition) is 0. The summed E-state index contributed by atoms with van der Waals surface area (Å²) >= 11 is 0. The number of hydrogen-bond acceptors (Lipinski definition) is 3. The SMILES string of the molecule is CC(C)(CCCN=[N+]=[N-])C1(C)OCCO1. The highest BCUT2D eigenvalue weighted by Crippen LogP contribution is 2.41. The standard InChI is InChI=1S/C10H19N3O2/c1-9(2,5-4-6-12-13-11)10(3)14-7-8-15-10/h4-8H2,1-3H3. The first kappa shape index (κ1) is 12.3. The summed E-state index contributed by atoms with van der Waals surface area (Å²) in [6.07, 6.45) is 1.78. The lowest BCUT2D eigenvalue weighted by Crippen LogP contribution is -2.43. The second-order valence-corrected chi connectivity index (χ2v) is 4.58. The van der Waals surface area contributed by atoms with E-state index in [0.717, 1.165) is 12.8 Å². The van der Waals surface area contributed by atoms with Crippen molar-refractivity contribution < 1.29 is 9.47 Å². The summed E-state index contributed by atoms with van der Waals surface area (Å²) < 4.78 is 11.3. The summed E-state index contributed by atoms with van der Waals surface area (Å²) in [7, 11) is 0. The summed E-state index contributed by atoms with van der Waals surface area (Å²) in [5.41, 5.74) is 8.11. The van der Waals surface area contributed by atoms with E-state index in [1.165, 1.54) is 0 Å². The van der Waals surface area contributed by atoms with Gasteiger partial charge in [0.25, 0.3) is 0 Å². The third-order valence-electron chi connectivity index (χ3n) is 3.19. The largest absolute Gasteiger partial charge is 0.347 e. The average Bonchev–Trinajstić information content (AvgIpc) is 2.62. The van der Waals surface area contributed by atoms with Gasteiger partial charge in [-0.25, -0.2) is 0 Å². The van der Waals surface area contributed by atoms with Crippen LogP contribution >= 0.6 is 0 Å². The molecule has 15 heavy (non-hydrogen) atoms. The molecule has 0 radical (unpaired) electrons. The molecule has 0 bridgehead atoms. The van der Waals surface area contributed by atoms with Crippen molar-refractivity contribution in [3.63, 3.8) is 0 Å². The smallest absolute Gasteiger partial charge is 0.170 e. The van der Waals surface area contributed by atoms with Gasteiger partial charge >= 0.3 is 0 Å². The fourth-order valence-corrected chi connectivity index (χ4v) is 1.77. The zero-order valence-electron chi connectivity index (χ0n) is 9.69. The van der Waals surface area contributed by atoms with Crippen molar-refractivity contribution in [1.29, 1.82) is 0 Å². The van der Waals surface area contributed by atoms with Gasteiger partial charge in [0.05, 0.1) is 13.2 Å². The first-order valence-corrected chi connectivity index (χ1v) is 5.31. The average molecular weight is 213 g/mol. The van der Waals surface area contributed by atoms with Gasteiger partial charge < -0.3 is 9.47 Å². The number of nitrogens with zero attached hydrogens (tertiary/aromatic N) is 3. The third-order valence-corrected chi connectivity index (χ3v) is 3.19. The number of azide groups is 1. The zero-order valence-corrected chi connectivity index (χ0v) is 9.69. The van der Waals surface area contributed by atoms with Gasteiger partial charge in [0, 0.05) is 16.9 Å². The Morgan fingerprint density at radius 1 is 1.40 bits per heavy atom. The molecule has 1 aliphatic heterocycles. The summed E-state index contributed by atoms with van der Waals surface area (Å²) in [5, 5.41) is 3.52. The van der Waals surface area contributed by atoms with Gasteiger partial charge in [-0.3, -0.25) is 0 Å². The van der Waals surface area contributed by atoms with Crippen LogP contribution in [0.2, 0.25) is 0 Å². The van der Waals surface area contributed by atoms with Gasteiger partial charge in [-0.1, -0.05) is 19.0 Å². The molecule has 0 amide bonds. The van der Waals surface area contributed by atoms with Crippen LogP contribution in [-0.4, -0.2) is 25.5 Å². The Balaban J connectivity index is 2.46. The van der Waals surface area contributed by atoms with Gasteiger partial charge in [0.1, 0.15) is 0 Å². The molecule has 1 saturated heterocycles. The topological polar surface area (TPSA) is 67.2 Å². The molecule has 0 spiro atoms. The molecule has 5 nitrogen and oxygen atoms in total. The van der Waals surface area contributed by atoms with Crippen LogP contribution in [0.4, 0.5) is 0 Å². The normalized spacial score (nSPS) is 19.9. The number of ether oxygens (including phenoxy) is 2.